The van der Waals surface area contributed by atoms with Crippen LogP contribution in [-0.2, 0) is 6.42 Å². The third-order valence-electron chi connectivity index (χ3n) is 3.57. The third kappa shape index (κ3) is 3.44. The molecule has 0 saturated carbocycles. The van der Waals surface area contributed by atoms with Gasteiger partial charge in [0.25, 0.3) is 0 Å². The van der Waals surface area contributed by atoms with Crippen LogP contribution in [0.3, 0.4) is 0 Å². The molecule has 0 aliphatic heterocycles. The second-order valence-electron chi connectivity index (χ2n) is 5.20. The Kier molecular flexibility index (Phi) is 4.36. The number of carbonyl (C=O) groups excluding carboxylic acids is 1. The van der Waals surface area contributed by atoms with Gasteiger partial charge in [-0.15, -0.1) is 0 Å². The second-order valence-corrected chi connectivity index (χ2v) is 5.63. The zero-order chi connectivity index (χ0) is 15.4. The van der Waals surface area contributed by atoms with Gasteiger partial charge in [0.1, 0.15) is 0 Å². The number of rotatable bonds is 4. The molecule has 0 N–H and O–H groups in total. The zero-order valence-corrected chi connectivity index (χ0v) is 12.8. The van der Waals surface area contributed by atoms with Crippen LogP contribution in [0.25, 0.3) is 0 Å². The summed E-state index contributed by atoms with van der Waals surface area (Å²) in [6.45, 7) is 0. The minimum absolute atomic E-state index is 0.0543. The fraction of sp³-hybridized carbons (Fsp3) is 0.0500. The van der Waals surface area contributed by atoms with E-state index in [4.69, 9.17) is 11.6 Å². The molecule has 1 nitrogen and oxygen atoms in total. The molecular formula is C20H15ClO. The highest BCUT2D eigenvalue weighted by Crippen LogP contribution is 2.16. The van der Waals surface area contributed by atoms with Gasteiger partial charge in [-0.05, 0) is 29.7 Å². The molecule has 0 aromatic heterocycles. The molecule has 3 aromatic rings. The predicted molar refractivity (Wildman–Crippen MR) is 90.6 cm³/mol. The van der Waals surface area contributed by atoms with E-state index in [0.29, 0.717) is 11.1 Å². The second kappa shape index (κ2) is 6.59. The Balaban J connectivity index is 1.75. The number of hydrogen-bond donors (Lipinski definition) is 0. The Bertz CT molecular complexity index is 759. The lowest BCUT2D eigenvalue weighted by Crippen LogP contribution is -2.01. The van der Waals surface area contributed by atoms with Crippen LogP contribution in [0.1, 0.15) is 27.0 Å². The van der Waals surface area contributed by atoms with Gasteiger partial charge in [-0.3, -0.25) is 4.79 Å². The molecule has 22 heavy (non-hydrogen) atoms. The molecule has 0 aliphatic carbocycles. The first-order valence-electron chi connectivity index (χ1n) is 7.15. The van der Waals surface area contributed by atoms with Gasteiger partial charge in [0, 0.05) is 16.1 Å². The molecule has 0 heterocycles. The van der Waals surface area contributed by atoms with E-state index in [2.05, 4.69) is 0 Å². The Labute approximate surface area is 135 Å². The van der Waals surface area contributed by atoms with Crippen molar-refractivity contribution < 1.29 is 4.79 Å². The highest BCUT2D eigenvalue weighted by molar-refractivity contribution is 6.30. The van der Waals surface area contributed by atoms with Crippen LogP contribution in [0.15, 0.2) is 78.9 Å². The quantitative estimate of drug-likeness (QED) is 0.608. The highest BCUT2D eigenvalue weighted by atomic mass is 35.5. The smallest absolute Gasteiger partial charge is 0.193 e. The molecule has 0 radical (unpaired) electrons. The van der Waals surface area contributed by atoms with Gasteiger partial charge < -0.3 is 0 Å². The lowest BCUT2D eigenvalue weighted by Gasteiger charge is -2.05. The summed E-state index contributed by atoms with van der Waals surface area (Å²) in [5, 5.41) is 0.743. The summed E-state index contributed by atoms with van der Waals surface area (Å²) in [5.74, 6) is 0.0543. The Morgan fingerprint density at radius 2 is 1.18 bits per heavy atom. The van der Waals surface area contributed by atoms with E-state index in [9.17, 15) is 4.79 Å². The minimum Gasteiger partial charge on any atom is -0.289 e. The standard InChI is InChI=1S/C20H15ClO/c21-19-12-8-16(9-13-19)14-15-6-10-18(11-7-15)20(22)17-4-2-1-3-5-17/h1-13H,14H2. The summed E-state index contributed by atoms with van der Waals surface area (Å²) < 4.78 is 0. The monoisotopic (exact) mass is 306 g/mol. The van der Waals surface area contributed by atoms with Gasteiger partial charge in [0.2, 0.25) is 0 Å². The lowest BCUT2D eigenvalue weighted by atomic mass is 9.99. The van der Waals surface area contributed by atoms with E-state index in [-0.39, 0.29) is 5.78 Å². The van der Waals surface area contributed by atoms with Crippen LogP contribution in [0, 0.1) is 0 Å². The van der Waals surface area contributed by atoms with E-state index in [1.807, 2.05) is 78.9 Å². The van der Waals surface area contributed by atoms with Crippen molar-refractivity contribution in [2.75, 3.05) is 0 Å². The molecule has 0 amide bonds. The first-order chi connectivity index (χ1) is 10.7. The molecule has 0 fully saturated rings. The maximum Gasteiger partial charge on any atom is 0.193 e. The summed E-state index contributed by atoms with van der Waals surface area (Å²) in [7, 11) is 0. The Morgan fingerprint density at radius 3 is 1.77 bits per heavy atom. The average Bonchev–Trinajstić information content (AvgIpc) is 2.58. The average molecular weight is 307 g/mol. The molecule has 0 aliphatic rings. The van der Waals surface area contributed by atoms with Crippen molar-refractivity contribution in [1.29, 1.82) is 0 Å². The maximum absolute atomic E-state index is 12.3. The van der Waals surface area contributed by atoms with Crippen molar-refractivity contribution in [2.45, 2.75) is 6.42 Å². The van der Waals surface area contributed by atoms with Crippen molar-refractivity contribution >= 4 is 17.4 Å². The molecule has 0 atom stereocenters. The van der Waals surface area contributed by atoms with E-state index in [1.54, 1.807) is 0 Å². The highest BCUT2D eigenvalue weighted by Gasteiger charge is 2.08. The lowest BCUT2D eigenvalue weighted by molar-refractivity contribution is 0.103. The number of benzene rings is 3. The SMILES string of the molecule is O=C(c1ccccc1)c1ccc(Cc2ccc(Cl)cc2)cc1. The molecule has 0 spiro atoms. The Morgan fingerprint density at radius 1 is 0.682 bits per heavy atom. The van der Waals surface area contributed by atoms with Gasteiger partial charge in [0.05, 0.1) is 0 Å². The fourth-order valence-corrected chi connectivity index (χ4v) is 2.49. The first-order valence-corrected chi connectivity index (χ1v) is 7.53. The van der Waals surface area contributed by atoms with Crippen molar-refractivity contribution in [3.05, 3.63) is 106 Å². The van der Waals surface area contributed by atoms with Crippen LogP contribution in [0.2, 0.25) is 5.02 Å². The topological polar surface area (TPSA) is 17.1 Å². The number of ketones is 1. The van der Waals surface area contributed by atoms with Gasteiger partial charge >= 0.3 is 0 Å². The van der Waals surface area contributed by atoms with E-state index >= 15 is 0 Å². The Hall–Kier alpha value is -2.38. The van der Waals surface area contributed by atoms with Crippen molar-refractivity contribution in [3.63, 3.8) is 0 Å². The molecule has 0 saturated heterocycles. The third-order valence-corrected chi connectivity index (χ3v) is 3.83. The van der Waals surface area contributed by atoms with Gasteiger partial charge in [-0.1, -0.05) is 78.3 Å². The van der Waals surface area contributed by atoms with E-state index in [1.165, 1.54) is 11.1 Å². The summed E-state index contributed by atoms with van der Waals surface area (Å²) in [6, 6.07) is 25.0. The molecule has 3 aromatic carbocycles. The number of halogens is 1. The normalized spacial score (nSPS) is 10.4. The van der Waals surface area contributed by atoms with Crippen LogP contribution in [0.5, 0.6) is 0 Å². The summed E-state index contributed by atoms with van der Waals surface area (Å²) in [6.07, 6.45) is 0.830. The summed E-state index contributed by atoms with van der Waals surface area (Å²) in [5.41, 5.74) is 3.80. The van der Waals surface area contributed by atoms with Crippen molar-refractivity contribution in [1.82, 2.24) is 0 Å². The number of hydrogen-bond acceptors (Lipinski definition) is 1. The van der Waals surface area contributed by atoms with Crippen molar-refractivity contribution in [2.24, 2.45) is 0 Å². The van der Waals surface area contributed by atoms with Crippen LogP contribution >= 0.6 is 11.6 Å². The van der Waals surface area contributed by atoms with E-state index in [0.717, 1.165) is 11.4 Å². The fourth-order valence-electron chi connectivity index (χ4n) is 2.37. The van der Waals surface area contributed by atoms with Crippen LogP contribution in [-0.4, -0.2) is 5.78 Å². The molecule has 0 bridgehead atoms. The first kappa shape index (κ1) is 14.6. The molecule has 2 heteroatoms. The van der Waals surface area contributed by atoms with Crippen LogP contribution < -0.4 is 0 Å². The molecule has 3 rings (SSSR count). The zero-order valence-electron chi connectivity index (χ0n) is 12.0. The molecule has 0 unspecified atom stereocenters. The summed E-state index contributed by atoms with van der Waals surface area (Å²) >= 11 is 5.89. The van der Waals surface area contributed by atoms with Gasteiger partial charge in [-0.25, -0.2) is 0 Å². The van der Waals surface area contributed by atoms with Gasteiger partial charge in [-0.2, -0.15) is 0 Å². The van der Waals surface area contributed by atoms with Crippen LogP contribution in [0.4, 0.5) is 0 Å². The molecule has 108 valence electrons. The minimum atomic E-state index is 0.0543. The van der Waals surface area contributed by atoms with Gasteiger partial charge in [0.15, 0.2) is 5.78 Å². The van der Waals surface area contributed by atoms with Crippen molar-refractivity contribution in [3.8, 4) is 0 Å². The number of carbonyl (C=O) groups is 1. The summed E-state index contributed by atoms with van der Waals surface area (Å²) in [4.78, 5) is 12.3. The largest absolute Gasteiger partial charge is 0.289 e. The maximum atomic E-state index is 12.3. The molecular weight excluding hydrogens is 292 g/mol. The van der Waals surface area contributed by atoms with E-state index < -0.39 is 0 Å². The predicted octanol–water partition coefficient (Wildman–Crippen LogP) is 5.16.